The van der Waals surface area contributed by atoms with Crippen molar-refractivity contribution in [3.8, 4) is 23.1 Å². The van der Waals surface area contributed by atoms with Gasteiger partial charge >= 0.3 is 6.03 Å². The smallest absolute Gasteiger partial charge is 0.329 e. The Morgan fingerprint density at radius 2 is 2.12 bits per heavy atom. The molecule has 26 heavy (non-hydrogen) atoms. The van der Waals surface area contributed by atoms with E-state index >= 15 is 0 Å². The first-order valence-corrected chi connectivity index (χ1v) is 8.41. The number of nitrogens with zero attached hydrogens (tertiary/aromatic N) is 3. The molecule has 0 fully saturated rings. The summed E-state index contributed by atoms with van der Waals surface area (Å²) >= 11 is 4.12. The second-order valence-corrected chi connectivity index (χ2v) is 6.06. The lowest BCUT2D eigenvalue weighted by atomic mass is 10.1. The number of hydrogen-bond acceptors (Lipinski definition) is 4. The van der Waals surface area contributed by atoms with Crippen LogP contribution in [0.15, 0.2) is 42.5 Å². The van der Waals surface area contributed by atoms with Gasteiger partial charge in [0.25, 0.3) is 0 Å². The first kappa shape index (κ1) is 17.7. The molecule has 0 aliphatic rings. The van der Waals surface area contributed by atoms with Crippen LogP contribution in [0.25, 0.3) is 22.2 Å². The molecule has 0 saturated carbocycles. The van der Waals surface area contributed by atoms with Crippen molar-refractivity contribution >= 4 is 35.4 Å². The molecule has 1 heterocycles. The minimum Gasteiger partial charge on any atom is -0.497 e. The van der Waals surface area contributed by atoms with Gasteiger partial charge in [-0.1, -0.05) is 24.9 Å². The molecule has 2 N–H and O–H groups in total. The summed E-state index contributed by atoms with van der Waals surface area (Å²) in [5, 5.41) is 10.6. The van der Waals surface area contributed by atoms with E-state index in [1.165, 1.54) is 0 Å². The number of fused-ring (bicyclic) bond motifs is 1. The number of ether oxygens (including phenoxy) is 1. The van der Waals surface area contributed by atoms with Gasteiger partial charge in [0, 0.05) is 23.6 Å². The fourth-order valence-corrected chi connectivity index (χ4v) is 3.23. The quantitative estimate of drug-likeness (QED) is 0.686. The lowest BCUT2D eigenvalue weighted by Crippen LogP contribution is -2.27. The van der Waals surface area contributed by atoms with Gasteiger partial charge in [-0.15, -0.1) is 0 Å². The van der Waals surface area contributed by atoms with Crippen molar-refractivity contribution < 1.29 is 9.53 Å². The van der Waals surface area contributed by atoms with Gasteiger partial charge in [-0.2, -0.15) is 5.26 Å². The van der Waals surface area contributed by atoms with E-state index in [-0.39, 0.29) is 0 Å². The maximum atomic E-state index is 11.4. The van der Waals surface area contributed by atoms with E-state index in [9.17, 15) is 10.1 Å². The number of thiol groups is 1. The average molecular weight is 366 g/mol. The highest BCUT2D eigenvalue weighted by Crippen LogP contribution is 2.36. The molecule has 132 valence electrons. The summed E-state index contributed by atoms with van der Waals surface area (Å²) in [6.45, 7) is 2.69. The number of carbonyl (C=O) groups excluding carboxylic acids is 1. The highest BCUT2D eigenvalue weighted by atomic mass is 32.1. The number of carbonyl (C=O) groups is 1. The summed E-state index contributed by atoms with van der Waals surface area (Å²) in [4.78, 5) is 11.4. The van der Waals surface area contributed by atoms with Crippen LogP contribution in [-0.2, 0) is 6.54 Å². The van der Waals surface area contributed by atoms with E-state index in [1.54, 1.807) is 25.3 Å². The lowest BCUT2D eigenvalue weighted by molar-refractivity contribution is 0.257. The number of aryl methyl sites for hydroxylation is 1. The number of anilines is 1. The predicted molar refractivity (Wildman–Crippen MR) is 105 cm³/mol. The number of aromatic nitrogens is 1. The van der Waals surface area contributed by atoms with Crippen LogP contribution < -0.4 is 14.8 Å². The molecule has 0 unspecified atom stereocenters. The molecule has 6 nitrogen and oxygen atoms in total. The van der Waals surface area contributed by atoms with Crippen LogP contribution >= 0.6 is 12.8 Å². The third-order valence-electron chi connectivity index (χ3n) is 4.27. The Morgan fingerprint density at radius 1 is 1.35 bits per heavy atom. The highest BCUT2D eigenvalue weighted by molar-refractivity contribution is 7.82. The zero-order valence-electron chi connectivity index (χ0n) is 14.4. The fourth-order valence-electron chi connectivity index (χ4n) is 3.11. The maximum absolute atomic E-state index is 11.4. The molecule has 2 amide bonds. The second-order valence-electron chi connectivity index (χ2n) is 5.66. The Kier molecular flexibility index (Phi) is 4.78. The molecule has 3 aromatic rings. The Bertz CT molecular complexity index is 1040. The number of nitriles is 1. The van der Waals surface area contributed by atoms with Gasteiger partial charge in [0.05, 0.1) is 29.6 Å². The predicted octanol–water partition coefficient (Wildman–Crippen LogP) is 3.94. The van der Waals surface area contributed by atoms with E-state index in [0.29, 0.717) is 17.8 Å². The molecule has 0 radical (unpaired) electrons. The average Bonchev–Trinajstić information content (AvgIpc) is 2.99. The minimum atomic E-state index is -0.674. The highest BCUT2D eigenvalue weighted by Gasteiger charge is 2.19. The van der Waals surface area contributed by atoms with Crippen LogP contribution in [-0.4, -0.2) is 17.7 Å². The number of nitrogens with two attached hydrogens (primary N) is 1. The zero-order chi connectivity index (χ0) is 18.8. The zero-order valence-corrected chi connectivity index (χ0v) is 15.3. The topological polar surface area (TPSA) is 84.3 Å². The SMILES string of the molecule is CCn1c(-c2cccc(N(S)C(N)=O)c2)c(C#N)c2ccc(OC)cc21. The maximum Gasteiger partial charge on any atom is 0.329 e. The summed E-state index contributed by atoms with van der Waals surface area (Å²) in [6.07, 6.45) is 0. The van der Waals surface area contributed by atoms with Crippen LogP contribution in [0, 0.1) is 11.3 Å². The number of amides is 2. The van der Waals surface area contributed by atoms with Gasteiger partial charge in [-0.05, 0) is 31.2 Å². The van der Waals surface area contributed by atoms with Gasteiger partial charge in [0.15, 0.2) is 0 Å². The number of primary amides is 1. The summed E-state index contributed by atoms with van der Waals surface area (Å²) in [7, 11) is 1.61. The van der Waals surface area contributed by atoms with Crippen molar-refractivity contribution in [3.05, 3.63) is 48.0 Å². The number of hydrogen-bond donors (Lipinski definition) is 2. The van der Waals surface area contributed by atoms with Gasteiger partial charge in [-0.3, -0.25) is 0 Å². The number of urea groups is 1. The third kappa shape index (κ3) is 2.85. The first-order valence-electron chi connectivity index (χ1n) is 8.01. The Balaban J connectivity index is 2.30. The van der Waals surface area contributed by atoms with Crippen LogP contribution in [0.2, 0.25) is 0 Å². The summed E-state index contributed by atoms with van der Waals surface area (Å²) in [5.41, 5.74) is 8.92. The van der Waals surface area contributed by atoms with Crippen LogP contribution in [0.3, 0.4) is 0 Å². The molecule has 0 atom stereocenters. The Morgan fingerprint density at radius 3 is 2.73 bits per heavy atom. The molecule has 7 heteroatoms. The normalized spacial score (nSPS) is 10.5. The molecule has 3 rings (SSSR count). The van der Waals surface area contributed by atoms with Crippen molar-refractivity contribution in [2.45, 2.75) is 13.5 Å². The summed E-state index contributed by atoms with van der Waals surface area (Å²) in [5.74, 6) is 0.727. The summed E-state index contributed by atoms with van der Waals surface area (Å²) < 4.78 is 8.45. The molecule has 2 aromatic carbocycles. The molecular weight excluding hydrogens is 348 g/mol. The van der Waals surface area contributed by atoms with Crippen LogP contribution in [0.5, 0.6) is 5.75 Å². The minimum absolute atomic E-state index is 0.535. The van der Waals surface area contributed by atoms with Crippen LogP contribution in [0.4, 0.5) is 10.5 Å². The standard InChI is InChI=1S/C19H18N4O2S/c1-3-22-17-10-14(25-2)7-8-15(17)16(11-20)18(22)12-5-4-6-13(9-12)23(26)19(21)24/h4-10,26H,3H2,1-2H3,(H2,21,24). The molecule has 1 aromatic heterocycles. The van der Waals surface area contributed by atoms with E-state index in [4.69, 9.17) is 10.5 Å². The van der Waals surface area contributed by atoms with Gasteiger partial charge in [-0.25, -0.2) is 9.10 Å². The lowest BCUT2D eigenvalue weighted by Gasteiger charge is -2.15. The molecule has 0 aliphatic heterocycles. The molecular formula is C19H18N4O2S. The van der Waals surface area contributed by atoms with E-state index < -0.39 is 6.03 Å². The molecule has 0 bridgehead atoms. The van der Waals surface area contributed by atoms with Gasteiger partial charge in [0.1, 0.15) is 11.8 Å². The van der Waals surface area contributed by atoms with Crippen LogP contribution in [0.1, 0.15) is 12.5 Å². The fraction of sp³-hybridized carbons (Fsp3) is 0.158. The third-order valence-corrected chi connectivity index (χ3v) is 4.70. The summed E-state index contributed by atoms with van der Waals surface area (Å²) in [6, 6.07) is 14.5. The van der Waals surface area contributed by atoms with Gasteiger partial charge < -0.3 is 15.0 Å². The van der Waals surface area contributed by atoms with E-state index in [0.717, 1.165) is 32.2 Å². The Labute approximate surface area is 156 Å². The van der Waals surface area contributed by atoms with Crippen molar-refractivity contribution in [3.63, 3.8) is 0 Å². The molecule has 0 spiro atoms. The largest absolute Gasteiger partial charge is 0.497 e. The van der Waals surface area contributed by atoms with E-state index in [2.05, 4.69) is 23.5 Å². The number of rotatable bonds is 4. The number of benzene rings is 2. The second kappa shape index (κ2) is 7.02. The van der Waals surface area contributed by atoms with E-state index in [1.807, 2.05) is 31.2 Å². The van der Waals surface area contributed by atoms with Crippen molar-refractivity contribution in [1.29, 1.82) is 5.26 Å². The van der Waals surface area contributed by atoms with Crippen molar-refractivity contribution in [2.75, 3.05) is 11.4 Å². The number of methoxy groups -OCH3 is 1. The molecule has 0 saturated heterocycles. The van der Waals surface area contributed by atoms with Crippen molar-refractivity contribution in [1.82, 2.24) is 4.57 Å². The van der Waals surface area contributed by atoms with Crippen molar-refractivity contribution in [2.24, 2.45) is 5.73 Å². The molecule has 0 aliphatic carbocycles. The Hall–Kier alpha value is -3.11. The first-order chi connectivity index (χ1) is 12.5. The monoisotopic (exact) mass is 366 g/mol. The van der Waals surface area contributed by atoms with Gasteiger partial charge in [0.2, 0.25) is 0 Å².